The van der Waals surface area contributed by atoms with Gasteiger partial charge in [-0.1, -0.05) is 53.7 Å². The third-order valence-electron chi connectivity index (χ3n) is 4.98. The molecular formula is C21H22N4O. The van der Waals surface area contributed by atoms with E-state index in [-0.39, 0.29) is 11.9 Å². The maximum Gasteiger partial charge on any atom is 0.276 e. The van der Waals surface area contributed by atoms with Gasteiger partial charge in [-0.05, 0) is 43.4 Å². The first kappa shape index (κ1) is 16.5. The van der Waals surface area contributed by atoms with E-state index in [9.17, 15) is 4.79 Å². The van der Waals surface area contributed by atoms with Crippen molar-refractivity contribution in [1.29, 1.82) is 0 Å². The van der Waals surface area contributed by atoms with E-state index >= 15 is 0 Å². The highest BCUT2D eigenvalue weighted by Crippen LogP contribution is 2.23. The molecule has 3 aromatic rings. The number of hydrogen-bond acceptors (Lipinski definition) is 3. The van der Waals surface area contributed by atoms with Crippen LogP contribution >= 0.6 is 0 Å². The van der Waals surface area contributed by atoms with Crippen LogP contribution in [-0.4, -0.2) is 38.4 Å². The van der Waals surface area contributed by atoms with E-state index in [0.717, 1.165) is 37.9 Å². The van der Waals surface area contributed by atoms with Gasteiger partial charge in [0.1, 0.15) is 0 Å². The number of benzene rings is 2. The Balaban J connectivity index is 1.44. The Bertz CT molecular complexity index is 860. The Labute approximate surface area is 153 Å². The summed E-state index contributed by atoms with van der Waals surface area (Å²) in [5.41, 5.74) is 2.64. The van der Waals surface area contributed by atoms with Gasteiger partial charge in [0, 0.05) is 12.6 Å². The van der Waals surface area contributed by atoms with Crippen LogP contribution in [0.5, 0.6) is 0 Å². The van der Waals surface area contributed by atoms with Crippen molar-refractivity contribution in [2.24, 2.45) is 0 Å². The van der Waals surface area contributed by atoms with E-state index in [1.165, 1.54) is 5.56 Å². The van der Waals surface area contributed by atoms with Crippen molar-refractivity contribution in [3.63, 3.8) is 0 Å². The van der Waals surface area contributed by atoms with Crippen LogP contribution in [0.25, 0.3) is 5.69 Å². The van der Waals surface area contributed by atoms with E-state index in [0.29, 0.717) is 5.69 Å². The Kier molecular flexibility index (Phi) is 4.78. The highest BCUT2D eigenvalue weighted by Gasteiger charge is 2.30. The zero-order valence-corrected chi connectivity index (χ0v) is 14.7. The summed E-state index contributed by atoms with van der Waals surface area (Å²) in [5, 5.41) is 8.23. The molecule has 0 N–H and O–H groups in total. The van der Waals surface area contributed by atoms with Crippen LogP contribution in [0.1, 0.15) is 35.3 Å². The van der Waals surface area contributed by atoms with Crippen molar-refractivity contribution in [3.05, 3.63) is 78.1 Å². The maximum absolute atomic E-state index is 12.9. The lowest BCUT2D eigenvalue weighted by atomic mass is 10.0. The summed E-state index contributed by atoms with van der Waals surface area (Å²) in [7, 11) is 0. The highest BCUT2D eigenvalue weighted by molar-refractivity contribution is 5.92. The largest absolute Gasteiger partial charge is 0.334 e. The summed E-state index contributed by atoms with van der Waals surface area (Å²) in [6.45, 7) is 0.802. The van der Waals surface area contributed by atoms with Crippen LogP contribution in [0.4, 0.5) is 0 Å². The SMILES string of the molecule is O=C(c1cn(-c2ccccc2)nn1)N1CCCC1CCc1ccccc1. The van der Waals surface area contributed by atoms with Gasteiger partial charge < -0.3 is 4.90 Å². The molecule has 2 aromatic carbocycles. The van der Waals surface area contributed by atoms with Gasteiger partial charge in [-0.15, -0.1) is 5.10 Å². The summed E-state index contributed by atoms with van der Waals surface area (Å²) < 4.78 is 1.66. The molecule has 2 heterocycles. The van der Waals surface area contributed by atoms with Crippen molar-refractivity contribution >= 4 is 5.91 Å². The van der Waals surface area contributed by atoms with E-state index in [4.69, 9.17) is 0 Å². The van der Waals surface area contributed by atoms with Gasteiger partial charge in [0.2, 0.25) is 0 Å². The van der Waals surface area contributed by atoms with Crippen LogP contribution in [0.3, 0.4) is 0 Å². The normalized spacial score (nSPS) is 16.8. The molecule has 0 radical (unpaired) electrons. The zero-order chi connectivity index (χ0) is 17.8. The maximum atomic E-state index is 12.9. The monoisotopic (exact) mass is 346 g/mol. The number of nitrogens with zero attached hydrogens (tertiary/aromatic N) is 4. The fourth-order valence-electron chi connectivity index (χ4n) is 3.60. The second-order valence-electron chi connectivity index (χ2n) is 6.70. The summed E-state index contributed by atoms with van der Waals surface area (Å²) >= 11 is 0. The van der Waals surface area contributed by atoms with E-state index in [2.05, 4.69) is 34.6 Å². The number of amides is 1. The lowest BCUT2D eigenvalue weighted by Gasteiger charge is -2.23. The molecule has 26 heavy (non-hydrogen) atoms. The van der Waals surface area contributed by atoms with Gasteiger partial charge in [0.25, 0.3) is 5.91 Å². The average molecular weight is 346 g/mol. The van der Waals surface area contributed by atoms with E-state index < -0.39 is 0 Å². The van der Waals surface area contributed by atoms with Crippen molar-refractivity contribution < 1.29 is 4.79 Å². The molecule has 1 saturated heterocycles. The molecule has 1 fully saturated rings. The Hall–Kier alpha value is -2.95. The molecule has 4 rings (SSSR count). The van der Waals surface area contributed by atoms with Crippen molar-refractivity contribution in [1.82, 2.24) is 19.9 Å². The Morgan fingerprint density at radius 3 is 2.54 bits per heavy atom. The number of likely N-dealkylation sites (tertiary alicyclic amines) is 1. The Morgan fingerprint density at radius 2 is 1.77 bits per heavy atom. The molecule has 1 atom stereocenters. The fraction of sp³-hybridized carbons (Fsp3) is 0.286. The molecular weight excluding hydrogens is 324 g/mol. The first-order valence-electron chi connectivity index (χ1n) is 9.14. The predicted octanol–water partition coefficient (Wildman–Crippen LogP) is 3.50. The molecule has 0 aliphatic carbocycles. The van der Waals surface area contributed by atoms with Gasteiger partial charge in [-0.25, -0.2) is 4.68 Å². The van der Waals surface area contributed by atoms with Crippen molar-refractivity contribution in [2.45, 2.75) is 31.7 Å². The molecule has 0 bridgehead atoms. The smallest absolute Gasteiger partial charge is 0.276 e. The van der Waals surface area contributed by atoms with Crippen molar-refractivity contribution in [3.8, 4) is 5.69 Å². The van der Waals surface area contributed by atoms with Crippen molar-refractivity contribution in [2.75, 3.05) is 6.54 Å². The Morgan fingerprint density at radius 1 is 1.04 bits per heavy atom. The minimum Gasteiger partial charge on any atom is -0.334 e. The zero-order valence-electron chi connectivity index (χ0n) is 14.7. The highest BCUT2D eigenvalue weighted by atomic mass is 16.2. The van der Waals surface area contributed by atoms with Crippen LogP contribution in [0.2, 0.25) is 0 Å². The van der Waals surface area contributed by atoms with Gasteiger partial charge in [0.05, 0.1) is 11.9 Å². The summed E-state index contributed by atoms with van der Waals surface area (Å²) in [6.07, 6.45) is 5.82. The average Bonchev–Trinajstić information content (AvgIpc) is 3.37. The van der Waals surface area contributed by atoms with Crippen LogP contribution in [0.15, 0.2) is 66.9 Å². The summed E-state index contributed by atoms with van der Waals surface area (Å²) in [5.74, 6) is -0.0113. The van der Waals surface area contributed by atoms with Gasteiger partial charge in [0.15, 0.2) is 5.69 Å². The van der Waals surface area contributed by atoms with Crippen LogP contribution in [-0.2, 0) is 6.42 Å². The van der Waals surface area contributed by atoms with Gasteiger partial charge >= 0.3 is 0 Å². The minimum absolute atomic E-state index is 0.0113. The summed E-state index contributed by atoms with van der Waals surface area (Å²) in [4.78, 5) is 14.9. The van der Waals surface area contributed by atoms with Gasteiger partial charge in [-0.3, -0.25) is 4.79 Å². The number of carbonyl (C=O) groups excluding carboxylic acids is 1. The standard InChI is InChI=1S/C21H22N4O/c26-21(20-16-25(23-22-20)19-10-5-2-6-11-19)24-15-7-12-18(24)14-13-17-8-3-1-4-9-17/h1-6,8-11,16,18H,7,12-15H2. The molecule has 132 valence electrons. The summed E-state index contributed by atoms with van der Waals surface area (Å²) in [6, 6.07) is 20.5. The molecule has 1 amide bonds. The lowest BCUT2D eigenvalue weighted by Crippen LogP contribution is -2.36. The topological polar surface area (TPSA) is 51.0 Å². The van der Waals surface area contributed by atoms with E-state index in [1.54, 1.807) is 10.9 Å². The molecule has 0 saturated carbocycles. The van der Waals surface area contributed by atoms with Crippen LogP contribution in [0, 0.1) is 0 Å². The second kappa shape index (κ2) is 7.52. The number of aromatic nitrogens is 3. The lowest BCUT2D eigenvalue weighted by molar-refractivity contribution is 0.0724. The van der Waals surface area contributed by atoms with Gasteiger partial charge in [-0.2, -0.15) is 0 Å². The number of aryl methyl sites for hydroxylation is 1. The number of hydrogen-bond donors (Lipinski definition) is 0. The molecule has 1 aliphatic heterocycles. The van der Waals surface area contributed by atoms with Crippen LogP contribution < -0.4 is 0 Å². The quantitative estimate of drug-likeness (QED) is 0.710. The predicted molar refractivity (Wildman–Crippen MR) is 100 cm³/mol. The molecule has 0 spiro atoms. The number of rotatable bonds is 5. The first-order valence-corrected chi connectivity index (χ1v) is 9.14. The molecule has 1 unspecified atom stereocenters. The third-order valence-corrected chi connectivity index (χ3v) is 4.98. The second-order valence-corrected chi connectivity index (χ2v) is 6.70. The first-order chi connectivity index (χ1) is 12.8. The third kappa shape index (κ3) is 3.52. The number of carbonyl (C=O) groups is 1. The molecule has 5 nitrogen and oxygen atoms in total. The minimum atomic E-state index is -0.0113. The molecule has 1 aromatic heterocycles. The molecule has 1 aliphatic rings. The molecule has 5 heteroatoms. The number of para-hydroxylation sites is 1. The van der Waals surface area contributed by atoms with E-state index in [1.807, 2.05) is 41.3 Å². The fourth-order valence-corrected chi connectivity index (χ4v) is 3.60.